The van der Waals surface area contributed by atoms with Crippen molar-refractivity contribution in [3.63, 3.8) is 0 Å². The zero-order valence-corrected chi connectivity index (χ0v) is 10.6. The Morgan fingerprint density at radius 2 is 1.93 bits per heavy atom. The van der Waals surface area contributed by atoms with Crippen LogP contribution >= 0.6 is 0 Å². The summed E-state index contributed by atoms with van der Waals surface area (Å²) in [6.07, 6.45) is 3.30. The second-order valence-corrected chi connectivity index (χ2v) is 9.09. The number of hydrogen-bond donors (Lipinski definition) is 0. The van der Waals surface area contributed by atoms with Crippen LogP contribution < -0.4 is 0 Å². The molecular weight excluding hydrogens is 192 g/mol. The molecule has 0 fully saturated rings. The third-order valence-corrected chi connectivity index (χ3v) is 2.55. The molecule has 14 heavy (non-hydrogen) atoms. The van der Waals surface area contributed by atoms with Gasteiger partial charge in [-0.05, 0) is 12.8 Å². The van der Waals surface area contributed by atoms with Crippen molar-refractivity contribution >= 4 is 14.0 Å². The van der Waals surface area contributed by atoms with Crippen LogP contribution in [-0.4, -0.2) is 21.2 Å². The van der Waals surface area contributed by atoms with Crippen LogP contribution in [0.15, 0.2) is 0 Å². The highest BCUT2D eigenvalue weighted by Gasteiger charge is 2.06. The third-order valence-electron chi connectivity index (χ3n) is 1.62. The molecule has 0 bridgehead atoms. The van der Waals surface area contributed by atoms with Gasteiger partial charge in [-0.2, -0.15) is 0 Å². The average Bonchev–Trinajstić information content (AvgIpc) is 2.08. The molecule has 0 N–H and O–H groups in total. The molecule has 0 aliphatic carbocycles. The summed E-state index contributed by atoms with van der Waals surface area (Å²) in [6.45, 7) is 6.69. The molecule has 3 heteroatoms. The van der Waals surface area contributed by atoms with Crippen LogP contribution in [0.25, 0.3) is 0 Å². The van der Waals surface area contributed by atoms with Gasteiger partial charge in [0.05, 0.1) is 7.11 Å². The Bertz CT molecular complexity index is 230. The summed E-state index contributed by atoms with van der Waals surface area (Å²) in [5, 5.41) is 0. The van der Waals surface area contributed by atoms with Crippen LogP contribution in [0.2, 0.25) is 19.6 Å². The van der Waals surface area contributed by atoms with Crippen LogP contribution in [0.4, 0.5) is 0 Å². The molecule has 0 saturated carbocycles. The lowest BCUT2D eigenvalue weighted by Crippen LogP contribution is -2.16. The van der Waals surface area contributed by atoms with Gasteiger partial charge in [-0.3, -0.25) is 4.79 Å². The first-order valence-corrected chi connectivity index (χ1v) is 8.52. The Balaban J connectivity index is 3.46. The minimum absolute atomic E-state index is 0.122. The molecule has 0 aromatic heterocycles. The quantitative estimate of drug-likeness (QED) is 0.310. The number of carbonyl (C=O) groups is 1. The Morgan fingerprint density at radius 1 is 1.29 bits per heavy atom. The fourth-order valence-electron chi connectivity index (χ4n) is 0.912. The van der Waals surface area contributed by atoms with E-state index >= 15 is 0 Å². The predicted molar refractivity (Wildman–Crippen MR) is 61.6 cm³/mol. The largest absolute Gasteiger partial charge is 0.469 e. The number of esters is 1. The molecule has 0 aromatic rings. The summed E-state index contributed by atoms with van der Waals surface area (Å²) in [5.41, 5.74) is 3.30. The first kappa shape index (κ1) is 13.2. The van der Waals surface area contributed by atoms with Crippen molar-refractivity contribution in [1.29, 1.82) is 0 Å². The zero-order chi connectivity index (χ0) is 11.0. The molecule has 0 rings (SSSR count). The van der Waals surface area contributed by atoms with E-state index in [1.807, 2.05) is 0 Å². The molecular formula is C11H20O2Si. The first-order valence-electron chi connectivity index (χ1n) is 5.02. The van der Waals surface area contributed by atoms with Gasteiger partial charge in [-0.1, -0.05) is 19.6 Å². The normalized spacial score (nSPS) is 10.3. The minimum Gasteiger partial charge on any atom is -0.469 e. The molecule has 0 radical (unpaired) electrons. The van der Waals surface area contributed by atoms with E-state index in [-0.39, 0.29) is 5.97 Å². The van der Waals surface area contributed by atoms with E-state index in [0.29, 0.717) is 6.42 Å². The molecule has 0 atom stereocenters. The zero-order valence-electron chi connectivity index (χ0n) is 9.64. The van der Waals surface area contributed by atoms with Gasteiger partial charge in [-0.25, -0.2) is 0 Å². The standard InChI is InChI=1S/C11H20O2Si/c1-13-11(12)9-7-5-6-8-10-14(2,3)4/h5-7,9H2,1-4H3. The highest BCUT2D eigenvalue weighted by atomic mass is 28.3. The maximum atomic E-state index is 10.8. The number of methoxy groups -OCH3 is 1. The van der Waals surface area contributed by atoms with Crippen molar-refractivity contribution in [3.8, 4) is 11.5 Å². The molecule has 0 aliphatic rings. The van der Waals surface area contributed by atoms with E-state index in [1.54, 1.807) is 0 Å². The van der Waals surface area contributed by atoms with Gasteiger partial charge in [-0.15, -0.1) is 11.5 Å². The Morgan fingerprint density at radius 3 is 2.43 bits per heavy atom. The van der Waals surface area contributed by atoms with Gasteiger partial charge >= 0.3 is 5.97 Å². The highest BCUT2D eigenvalue weighted by molar-refractivity contribution is 6.83. The number of ether oxygens (including phenoxy) is 1. The van der Waals surface area contributed by atoms with Crippen molar-refractivity contribution < 1.29 is 9.53 Å². The summed E-state index contributed by atoms with van der Waals surface area (Å²) in [4.78, 5) is 10.8. The summed E-state index contributed by atoms with van der Waals surface area (Å²) in [6, 6.07) is 0. The van der Waals surface area contributed by atoms with Crippen molar-refractivity contribution in [1.82, 2.24) is 0 Å². The van der Waals surface area contributed by atoms with E-state index in [4.69, 9.17) is 0 Å². The molecule has 0 amide bonds. The lowest BCUT2D eigenvalue weighted by Gasteiger charge is -2.03. The van der Waals surface area contributed by atoms with Gasteiger partial charge in [0.2, 0.25) is 0 Å². The summed E-state index contributed by atoms with van der Waals surface area (Å²) < 4.78 is 4.54. The van der Waals surface area contributed by atoms with Gasteiger partial charge in [0.25, 0.3) is 0 Å². The fraction of sp³-hybridized carbons (Fsp3) is 0.727. The van der Waals surface area contributed by atoms with Crippen molar-refractivity contribution in [2.45, 2.75) is 45.3 Å². The van der Waals surface area contributed by atoms with Gasteiger partial charge < -0.3 is 4.74 Å². The first-order chi connectivity index (χ1) is 6.45. The SMILES string of the molecule is COC(=O)CCCCC#C[Si](C)(C)C. The number of hydrogen-bond acceptors (Lipinski definition) is 2. The molecule has 80 valence electrons. The maximum Gasteiger partial charge on any atom is 0.305 e. The second kappa shape index (κ2) is 6.66. The van der Waals surface area contributed by atoms with E-state index in [1.165, 1.54) is 7.11 Å². The summed E-state index contributed by atoms with van der Waals surface area (Å²) >= 11 is 0. The predicted octanol–water partition coefficient (Wildman–Crippen LogP) is 2.60. The number of carbonyl (C=O) groups excluding carboxylic acids is 1. The maximum absolute atomic E-state index is 10.8. The Hall–Kier alpha value is -0.753. The van der Waals surface area contributed by atoms with Crippen LogP contribution in [0, 0.1) is 11.5 Å². The molecule has 0 aromatic carbocycles. The monoisotopic (exact) mass is 212 g/mol. The van der Waals surface area contributed by atoms with E-state index in [2.05, 4.69) is 35.8 Å². The number of rotatable bonds is 4. The van der Waals surface area contributed by atoms with Crippen LogP contribution in [0.3, 0.4) is 0 Å². The van der Waals surface area contributed by atoms with E-state index < -0.39 is 8.07 Å². The van der Waals surface area contributed by atoms with Crippen molar-refractivity contribution in [3.05, 3.63) is 0 Å². The summed E-state index contributed by atoms with van der Waals surface area (Å²) in [7, 11) is 0.225. The van der Waals surface area contributed by atoms with Crippen LogP contribution in [-0.2, 0) is 9.53 Å². The van der Waals surface area contributed by atoms with Gasteiger partial charge in [0.1, 0.15) is 8.07 Å². The molecule has 2 nitrogen and oxygen atoms in total. The van der Waals surface area contributed by atoms with Crippen LogP contribution in [0.1, 0.15) is 25.7 Å². The molecule has 0 aliphatic heterocycles. The average molecular weight is 212 g/mol. The lowest BCUT2D eigenvalue weighted by molar-refractivity contribution is -0.140. The van der Waals surface area contributed by atoms with Crippen LogP contribution in [0.5, 0.6) is 0 Å². The minimum atomic E-state index is -1.20. The van der Waals surface area contributed by atoms with Crippen molar-refractivity contribution in [2.24, 2.45) is 0 Å². The van der Waals surface area contributed by atoms with E-state index in [0.717, 1.165) is 19.3 Å². The van der Waals surface area contributed by atoms with Crippen molar-refractivity contribution in [2.75, 3.05) is 7.11 Å². The highest BCUT2D eigenvalue weighted by Crippen LogP contribution is 2.01. The fourth-order valence-corrected chi connectivity index (χ4v) is 1.57. The smallest absolute Gasteiger partial charge is 0.305 e. The van der Waals surface area contributed by atoms with Gasteiger partial charge in [0, 0.05) is 12.8 Å². The van der Waals surface area contributed by atoms with Gasteiger partial charge in [0.15, 0.2) is 0 Å². The second-order valence-electron chi connectivity index (χ2n) is 4.34. The number of unbranched alkanes of at least 4 members (excludes halogenated alkanes) is 2. The summed E-state index contributed by atoms with van der Waals surface area (Å²) in [5.74, 6) is 3.05. The molecule has 0 heterocycles. The Labute approximate surface area is 88.0 Å². The molecule has 0 unspecified atom stereocenters. The molecule has 0 spiro atoms. The topological polar surface area (TPSA) is 26.3 Å². The van der Waals surface area contributed by atoms with E-state index in [9.17, 15) is 4.79 Å². The molecule has 0 saturated heterocycles. The third kappa shape index (κ3) is 9.34. The Kier molecular flexibility index (Phi) is 6.31. The lowest BCUT2D eigenvalue weighted by atomic mass is 10.2.